The summed E-state index contributed by atoms with van der Waals surface area (Å²) in [6.07, 6.45) is 2.17. The fraction of sp³-hybridized carbons (Fsp3) is 0.533. The van der Waals surface area contributed by atoms with Gasteiger partial charge in [-0.3, -0.25) is 4.79 Å². The third kappa shape index (κ3) is 5.30. The fourth-order valence-corrected chi connectivity index (χ4v) is 1.88. The molecule has 0 spiro atoms. The lowest BCUT2D eigenvalue weighted by Crippen LogP contribution is -2.20. The Morgan fingerprint density at radius 3 is 2.63 bits per heavy atom. The second kappa shape index (κ2) is 6.57. The molecule has 1 amide bonds. The van der Waals surface area contributed by atoms with Crippen LogP contribution >= 0.6 is 0 Å². The predicted molar refractivity (Wildman–Crippen MR) is 78.2 cm³/mol. The lowest BCUT2D eigenvalue weighted by atomic mass is 9.84. The lowest BCUT2D eigenvalue weighted by Gasteiger charge is -2.23. The van der Waals surface area contributed by atoms with Gasteiger partial charge >= 0.3 is 0 Å². The number of anilines is 1. The number of phenolic OH excluding ortho intramolecular Hbond substituents is 1. The molecule has 106 valence electrons. The van der Waals surface area contributed by atoms with Gasteiger partial charge in [-0.25, -0.2) is 0 Å². The van der Waals surface area contributed by atoms with Crippen LogP contribution in [-0.2, 0) is 4.79 Å². The van der Waals surface area contributed by atoms with Gasteiger partial charge < -0.3 is 16.2 Å². The van der Waals surface area contributed by atoms with Crippen LogP contribution in [0.15, 0.2) is 18.2 Å². The SMILES string of the molecule is Cc1ccc(NC(=O)CCC(C)(C)CCN)cc1O. The summed E-state index contributed by atoms with van der Waals surface area (Å²) in [5, 5.41) is 12.4. The maximum Gasteiger partial charge on any atom is 0.224 e. The molecule has 0 aliphatic carbocycles. The molecule has 1 rings (SSSR count). The van der Waals surface area contributed by atoms with E-state index in [1.807, 2.05) is 6.92 Å². The molecule has 0 aliphatic rings. The Morgan fingerprint density at radius 2 is 2.05 bits per heavy atom. The molecule has 4 nitrogen and oxygen atoms in total. The van der Waals surface area contributed by atoms with E-state index in [1.165, 1.54) is 0 Å². The summed E-state index contributed by atoms with van der Waals surface area (Å²) >= 11 is 0. The van der Waals surface area contributed by atoms with Crippen molar-refractivity contribution in [2.45, 2.75) is 40.0 Å². The van der Waals surface area contributed by atoms with E-state index in [-0.39, 0.29) is 17.1 Å². The summed E-state index contributed by atoms with van der Waals surface area (Å²) in [7, 11) is 0. The first kappa shape index (κ1) is 15.5. The summed E-state index contributed by atoms with van der Waals surface area (Å²) in [5.74, 6) is 0.162. The Hall–Kier alpha value is -1.55. The molecule has 19 heavy (non-hydrogen) atoms. The first-order chi connectivity index (χ1) is 8.84. The largest absolute Gasteiger partial charge is 0.508 e. The number of hydrogen-bond acceptors (Lipinski definition) is 3. The van der Waals surface area contributed by atoms with Gasteiger partial charge in [0.2, 0.25) is 5.91 Å². The predicted octanol–water partition coefficient (Wildman–Crippen LogP) is 2.79. The van der Waals surface area contributed by atoms with Crippen molar-refractivity contribution < 1.29 is 9.90 Å². The Bertz CT molecular complexity index is 442. The Kier molecular flexibility index (Phi) is 5.36. The zero-order valence-corrected chi connectivity index (χ0v) is 12.0. The normalized spacial score (nSPS) is 11.4. The smallest absolute Gasteiger partial charge is 0.224 e. The third-order valence-electron chi connectivity index (χ3n) is 3.34. The van der Waals surface area contributed by atoms with Crippen LogP contribution in [0, 0.1) is 12.3 Å². The third-order valence-corrected chi connectivity index (χ3v) is 3.34. The molecule has 0 aliphatic heterocycles. The van der Waals surface area contributed by atoms with Gasteiger partial charge in [0.05, 0.1) is 0 Å². The molecular weight excluding hydrogens is 240 g/mol. The first-order valence-corrected chi connectivity index (χ1v) is 6.63. The van der Waals surface area contributed by atoms with Crippen LogP contribution in [0.2, 0.25) is 0 Å². The minimum Gasteiger partial charge on any atom is -0.508 e. The van der Waals surface area contributed by atoms with Crippen molar-refractivity contribution in [2.75, 3.05) is 11.9 Å². The van der Waals surface area contributed by atoms with E-state index >= 15 is 0 Å². The topological polar surface area (TPSA) is 75.4 Å². The van der Waals surface area contributed by atoms with E-state index in [0.29, 0.717) is 18.7 Å². The van der Waals surface area contributed by atoms with Gasteiger partial charge in [0.15, 0.2) is 0 Å². The summed E-state index contributed by atoms with van der Waals surface area (Å²) in [6, 6.07) is 5.14. The molecule has 1 aromatic rings. The molecule has 0 heterocycles. The van der Waals surface area contributed by atoms with Gasteiger partial charge in [-0.2, -0.15) is 0 Å². The highest BCUT2D eigenvalue weighted by atomic mass is 16.3. The summed E-state index contributed by atoms with van der Waals surface area (Å²) in [6.45, 7) is 6.69. The monoisotopic (exact) mass is 264 g/mol. The molecule has 0 aromatic heterocycles. The highest BCUT2D eigenvalue weighted by molar-refractivity contribution is 5.90. The zero-order chi connectivity index (χ0) is 14.5. The van der Waals surface area contributed by atoms with Gasteiger partial charge in [0.1, 0.15) is 5.75 Å². The van der Waals surface area contributed by atoms with E-state index in [2.05, 4.69) is 19.2 Å². The molecule has 1 aromatic carbocycles. The van der Waals surface area contributed by atoms with Crippen molar-refractivity contribution in [2.24, 2.45) is 11.1 Å². The van der Waals surface area contributed by atoms with Crippen molar-refractivity contribution in [3.63, 3.8) is 0 Å². The molecule has 0 saturated heterocycles. The standard InChI is InChI=1S/C15H24N2O2/c1-11-4-5-12(10-13(11)18)17-14(19)6-7-15(2,3)8-9-16/h4-5,10,18H,6-9,16H2,1-3H3,(H,17,19). The van der Waals surface area contributed by atoms with Crippen LogP contribution < -0.4 is 11.1 Å². The summed E-state index contributed by atoms with van der Waals surface area (Å²) in [5.41, 5.74) is 7.05. The molecule has 0 saturated carbocycles. The summed E-state index contributed by atoms with van der Waals surface area (Å²) in [4.78, 5) is 11.8. The molecule has 4 N–H and O–H groups in total. The number of aryl methyl sites for hydroxylation is 1. The number of benzene rings is 1. The zero-order valence-electron chi connectivity index (χ0n) is 12.0. The number of aromatic hydroxyl groups is 1. The van der Waals surface area contributed by atoms with Crippen molar-refractivity contribution in [1.82, 2.24) is 0 Å². The molecule has 0 bridgehead atoms. The van der Waals surface area contributed by atoms with Gasteiger partial charge in [0.25, 0.3) is 0 Å². The number of hydrogen-bond donors (Lipinski definition) is 3. The second-order valence-electron chi connectivity index (χ2n) is 5.75. The van der Waals surface area contributed by atoms with Crippen LogP contribution in [-0.4, -0.2) is 17.6 Å². The minimum atomic E-state index is -0.0339. The van der Waals surface area contributed by atoms with E-state index in [4.69, 9.17) is 5.73 Å². The van der Waals surface area contributed by atoms with Crippen LogP contribution in [0.25, 0.3) is 0 Å². The van der Waals surface area contributed by atoms with Crippen LogP contribution in [0.3, 0.4) is 0 Å². The Balaban J connectivity index is 2.49. The van der Waals surface area contributed by atoms with Gasteiger partial charge in [0, 0.05) is 18.2 Å². The number of rotatable bonds is 6. The molecule has 4 heteroatoms. The van der Waals surface area contributed by atoms with Gasteiger partial charge in [-0.15, -0.1) is 0 Å². The van der Waals surface area contributed by atoms with E-state index < -0.39 is 0 Å². The fourth-order valence-electron chi connectivity index (χ4n) is 1.88. The van der Waals surface area contributed by atoms with E-state index in [9.17, 15) is 9.90 Å². The molecular formula is C15H24N2O2. The number of nitrogens with two attached hydrogens (primary N) is 1. The van der Waals surface area contributed by atoms with Gasteiger partial charge in [-0.1, -0.05) is 19.9 Å². The quantitative estimate of drug-likeness (QED) is 0.739. The van der Waals surface area contributed by atoms with Crippen LogP contribution in [0.5, 0.6) is 5.75 Å². The Labute approximate surface area is 115 Å². The van der Waals surface area contributed by atoms with Crippen molar-refractivity contribution >= 4 is 11.6 Å². The molecule has 0 radical (unpaired) electrons. The number of nitrogens with one attached hydrogen (secondary N) is 1. The van der Waals surface area contributed by atoms with Crippen molar-refractivity contribution in [3.05, 3.63) is 23.8 Å². The van der Waals surface area contributed by atoms with E-state index in [1.54, 1.807) is 18.2 Å². The highest BCUT2D eigenvalue weighted by Gasteiger charge is 2.18. The average Bonchev–Trinajstić information content (AvgIpc) is 2.32. The number of amides is 1. The minimum absolute atomic E-state index is 0.0339. The molecule has 0 atom stereocenters. The van der Waals surface area contributed by atoms with Crippen LogP contribution in [0.1, 0.15) is 38.7 Å². The second-order valence-corrected chi connectivity index (χ2v) is 5.75. The lowest BCUT2D eigenvalue weighted by molar-refractivity contribution is -0.116. The number of phenols is 1. The molecule has 0 unspecified atom stereocenters. The maximum atomic E-state index is 11.8. The van der Waals surface area contributed by atoms with Crippen molar-refractivity contribution in [1.29, 1.82) is 0 Å². The number of carbonyl (C=O) groups excluding carboxylic acids is 1. The highest BCUT2D eigenvalue weighted by Crippen LogP contribution is 2.26. The van der Waals surface area contributed by atoms with E-state index in [0.717, 1.165) is 18.4 Å². The summed E-state index contributed by atoms with van der Waals surface area (Å²) < 4.78 is 0. The van der Waals surface area contributed by atoms with Crippen LogP contribution in [0.4, 0.5) is 5.69 Å². The van der Waals surface area contributed by atoms with Gasteiger partial charge in [-0.05, 0) is 43.4 Å². The molecule has 0 fully saturated rings. The number of carbonyl (C=O) groups is 1. The van der Waals surface area contributed by atoms with Crippen molar-refractivity contribution in [3.8, 4) is 5.75 Å². The maximum absolute atomic E-state index is 11.8. The average molecular weight is 264 g/mol. The first-order valence-electron chi connectivity index (χ1n) is 6.63. The Morgan fingerprint density at radius 1 is 1.37 bits per heavy atom.